The number of benzene rings is 1. The second kappa shape index (κ2) is 8.77. The van der Waals surface area contributed by atoms with E-state index < -0.39 is 17.6 Å². The molecule has 1 N–H and O–H groups in total. The Bertz CT molecular complexity index is 893. The van der Waals surface area contributed by atoms with Crippen LogP contribution in [0.25, 0.3) is 0 Å². The average Bonchev–Trinajstić information content (AvgIpc) is 2.64. The van der Waals surface area contributed by atoms with Gasteiger partial charge in [-0.1, -0.05) is 23.2 Å². The summed E-state index contributed by atoms with van der Waals surface area (Å²) in [4.78, 5) is 18.5. The predicted molar refractivity (Wildman–Crippen MR) is 106 cm³/mol. The first-order valence-electron chi connectivity index (χ1n) is 8.80. The summed E-state index contributed by atoms with van der Waals surface area (Å²) < 4.78 is 44.8. The maximum Gasteiger partial charge on any atom is 0.416 e. The normalized spacial score (nSPS) is 14.8. The lowest BCUT2D eigenvalue weighted by Crippen LogP contribution is -2.37. The second-order valence-corrected chi connectivity index (χ2v) is 7.33. The summed E-state index contributed by atoms with van der Waals surface area (Å²) in [5, 5.41) is 2.93. The molecule has 2 heterocycles. The molecular formula is C19H18Cl2F3N3O2. The largest absolute Gasteiger partial charge is 0.416 e. The first-order chi connectivity index (χ1) is 13.6. The third kappa shape index (κ3) is 5.32. The summed E-state index contributed by atoms with van der Waals surface area (Å²) in [5.74, 6) is -0.548. The van der Waals surface area contributed by atoms with Crippen LogP contribution in [0.3, 0.4) is 0 Å². The molecule has 1 aromatic carbocycles. The summed E-state index contributed by atoms with van der Waals surface area (Å²) in [6, 6.07) is 4.86. The number of ether oxygens (including phenoxy) is 1. The molecule has 0 radical (unpaired) electrons. The Morgan fingerprint density at radius 3 is 2.55 bits per heavy atom. The van der Waals surface area contributed by atoms with E-state index in [0.29, 0.717) is 43.2 Å². The zero-order valence-electron chi connectivity index (χ0n) is 15.4. The highest BCUT2D eigenvalue weighted by Gasteiger charge is 2.32. The van der Waals surface area contributed by atoms with Crippen LogP contribution >= 0.6 is 23.2 Å². The third-order valence-electron chi connectivity index (χ3n) is 4.43. The fourth-order valence-electron chi connectivity index (χ4n) is 3.03. The van der Waals surface area contributed by atoms with Gasteiger partial charge in [0.15, 0.2) is 0 Å². The number of carbonyl (C=O) groups excluding carboxylic acids is 1. The quantitative estimate of drug-likeness (QED) is 0.688. The Balaban J connectivity index is 1.88. The molecule has 5 nitrogen and oxygen atoms in total. The molecule has 1 fully saturated rings. The summed E-state index contributed by atoms with van der Waals surface area (Å²) in [7, 11) is 0. The molecule has 156 valence electrons. The van der Waals surface area contributed by atoms with Crippen molar-refractivity contribution in [3.05, 3.63) is 51.3 Å². The molecule has 1 saturated heterocycles. The zero-order chi connectivity index (χ0) is 21.2. The van der Waals surface area contributed by atoms with Crippen molar-refractivity contribution >= 4 is 40.5 Å². The number of pyridine rings is 1. The van der Waals surface area contributed by atoms with Gasteiger partial charge in [-0.25, -0.2) is 4.98 Å². The van der Waals surface area contributed by atoms with E-state index in [-0.39, 0.29) is 22.3 Å². The highest BCUT2D eigenvalue weighted by molar-refractivity contribution is 6.35. The molecule has 0 aliphatic carbocycles. The number of rotatable bonds is 4. The maximum atomic E-state index is 13.2. The smallest absolute Gasteiger partial charge is 0.378 e. The van der Waals surface area contributed by atoms with Crippen LogP contribution in [0.1, 0.15) is 16.8 Å². The number of aromatic nitrogens is 1. The molecule has 0 spiro atoms. The van der Waals surface area contributed by atoms with Crippen molar-refractivity contribution in [3.63, 3.8) is 0 Å². The number of morpholine rings is 1. The van der Waals surface area contributed by atoms with Gasteiger partial charge in [0.05, 0.1) is 36.6 Å². The molecule has 0 saturated carbocycles. The van der Waals surface area contributed by atoms with Gasteiger partial charge in [0, 0.05) is 29.4 Å². The van der Waals surface area contributed by atoms with Crippen LogP contribution in [-0.4, -0.2) is 37.2 Å². The Hall–Kier alpha value is -2.03. The van der Waals surface area contributed by atoms with Gasteiger partial charge < -0.3 is 15.0 Å². The number of carbonyl (C=O) groups is 1. The molecule has 0 unspecified atom stereocenters. The van der Waals surface area contributed by atoms with Gasteiger partial charge in [0.1, 0.15) is 5.15 Å². The van der Waals surface area contributed by atoms with Crippen molar-refractivity contribution in [1.29, 1.82) is 0 Å². The standard InChI is InChI=1S/C19H18Cl2F3N3O2/c1-11-8-14(20)13(18(21)25-11)10-17(28)26-15-9-12(19(22,23)24)2-3-16(15)27-4-6-29-7-5-27/h2-3,8-9H,4-7,10H2,1H3,(H,26,28). The first kappa shape index (κ1) is 21.7. The first-order valence-corrected chi connectivity index (χ1v) is 9.56. The van der Waals surface area contributed by atoms with Crippen LogP contribution in [0.5, 0.6) is 0 Å². The van der Waals surface area contributed by atoms with Crippen molar-refractivity contribution in [2.45, 2.75) is 19.5 Å². The van der Waals surface area contributed by atoms with Crippen LogP contribution in [0.4, 0.5) is 24.5 Å². The molecule has 10 heteroatoms. The van der Waals surface area contributed by atoms with Gasteiger partial charge in [0.2, 0.25) is 5.91 Å². The lowest BCUT2D eigenvalue weighted by atomic mass is 10.1. The summed E-state index contributed by atoms with van der Waals surface area (Å²) >= 11 is 12.2. The fraction of sp³-hybridized carbons (Fsp3) is 0.368. The summed E-state index contributed by atoms with van der Waals surface area (Å²) in [6.07, 6.45) is -4.75. The lowest BCUT2D eigenvalue weighted by Gasteiger charge is -2.31. The molecule has 3 rings (SSSR count). The van der Waals surface area contributed by atoms with Gasteiger partial charge in [-0.05, 0) is 31.2 Å². The highest BCUT2D eigenvalue weighted by Crippen LogP contribution is 2.36. The van der Waals surface area contributed by atoms with E-state index in [0.717, 1.165) is 12.1 Å². The molecule has 0 bridgehead atoms. The second-order valence-electron chi connectivity index (χ2n) is 6.57. The van der Waals surface area contributed by atoms with Crippen LogP contribution in [-0.2, 0) is 22.1 Å². The van der Waals surface area contributed by atoms with Crippen LogP contribution < -0.4 is 10.2 Å². The number of alkyl halides is 3. The zero-order valence-corrected chi connectivity index (χ0v) is 17.0. The minimum Gasteiger partial charge on any atom is -0.378 e. The molecule has 2 aromatic rings. The Morgan fingerprint density at radius 1 is 1.24 bits per heavy atom. The number of hydrogen-bond donors (Lipinski definition) is 1. The molecule has 29 heavy (non-hydrogen) atoms. The number of anilines is 2. The monoisotopic (exact) mass is 447 g/mol. The summed E-state index contributed by atoms with van der Waals surface area (Å²) in [6.45, 7) is 3.63. The fourth-order valence-corrected chi connectivity index (χ4v) is 3.69. The average molecular weight is 448 g/mol. The molecule has 1 amide bonds. The van der Waals surface area contributed by atoms with Gasteiger partial charge in [-0.2, -0.15) is 13.2 Å². The lowest BCUT2D eigenvalue weighted by molar-refractivity contribution is -0.137. The van der Waals surface area contributed by atoms with E-state index in [4.69, 9.17) is 27.9 Å². The van der Waals surface area contributed by atoms with E-state index in [9.17, 15) is 18.0 Å². The third-order valence-corrected chi connectivity index (χ3v) is 5.08. The van der Waals surface area contributed by atoms with Gasteiger partial charge in [-0.15, -0.1) is 0 Å². The predicted octanol–water partition coefficient (Wildman–Crippen LogP) is 4.73. The van der Waals surface area contributed by atoms with Crippen LogP contribution in [0.2, 0.25) is 10.2 Å². The minimum atomic E-state index is -4.53. The Morgan fingerprint density at radius 2 is 1.93 bits per heavy atom. The molecular weight excluding hydrogens is 430 g/mol. The number of amides is 1. The summed E-state index contributed by atoms with van der Waals surface area (Å²) in [5.41, 5.74) is 0.624. The van der Waals surface area contributed by atoms with E-state index in [2.05, 4.69) is 10.3 Å². The van der Waals surface area contributed by atoms with Gasteiger partial charge in [-0.3, -0.25) is 4.79 Å². The van der Waals surface area contributed by atoms with Crippen LogP contribution in [0.15, 0.2) is 24.3 Å². The number of hydrogen-bond acceptors (Lipinski definition) is 4. The van der Waals surface area contributed by atoms with Crippen LogP contribution in [0, 0.1) is 6.92 Å². The van der Waals surface area contributed by atoms with Gasteiger partial charge in [0.25, 0.3) is 0 Å². The van der Waals surface area contributed by atoms with Crippen molar-refractivity contribution in [3.8, 4) is 0 Å². The van der Waals surface area contributed by atoms with E-state index in [1.807, 2.05) is 4.90 Å². The Labute approximate surface area is 175 Å². The molecule has 1 aliphatic rings. The van der Waals surface area contributed by atoms with Gasteiger partial charge >= 0.3 is 6.18 Å². The van der Waals surface area contributed by atoms with E-state index >= 15 is 0 Å². The number of nitrogens with one attached hydrogen (secondary N) is 1. The number of aryl methyl sites for hydroxylation is 1. The maximum absolute atomic E-state index is 13.2. The van der Waals surface area contributed by atoms with Crippen molar-refractivity contribution < 1.29 is 22.7 Å². The van der Waals surface area contributed by atoms with Crippen molar-refractivity contribution in [1.82, 2.24) is 4.98 Å². The topological polar surface area (TPSA) is 54.5 Å². The SMILES string of the molecule is Cc1cc(Cl)c(CC(=O)Nc2cc(C(F)(F)F)ccc2N2CCOCC2)c(Cl)n1. The molecule has 0 atom stereocenters. The molecule has 1 aromatic heterocycles. The minimum absolute atomic E-state index is 0.0686. The molecule has 1 aliphatic heterocycles. The van der Waals surface area contributed by atoms with E-state index in [1.54, 1.807) is 13.0 Å². The Kier molecular flexibility index (Phi) is 6.55. The van der Waals surface area contributed by atoms with Crippen molar-refractivity contribution in [2.75, 3.05) is 36.5 Å². The highest BCUT2D eigenvalue weighted by atomic mass is 35.5. The number of nitrogens with zero attached hydrogens (tertiary/aromatic N) is 2. The van der Waals surface area contributed by atoms with Crippen molar-refractivity contribution in [2.24, 2.45) is 0 Å². The van der Waals surface area contributed by atoms with E-state index in [1.165, 1.54) is 6.07 Å². The number of halogens is 5.